The molecule has 1 N–H and O–H groups in total. The van der Waals surface area contributed by atoms with Crippen LogP contribution in [0.4, 0.5) is 11.4 Å². The highest BCUT2D eigenvalue weighted by atomic mass is 35.5. The van der Waals surface area contributed by atoms with Gasteiger partial charge in [-0.1, -0.05) is 23.7 Å². The third kappa shape index (κ3) is 4.69. The number of nitrogens with one attached hydrogen (secondary N) is 1. The van der Waals surface area contributed by atoms with Gasteiger partial charge in [-0.15, -0.1) is 0 Å². The van der Waals surface area contributed by atoms with Gasteiger partial charge in [-0.2, -0.15) is 5.26 Å². The Hall–Kier alpha value is -3.89. The topological polar surface area (TPSA) is 109 Å². The molecule has 29 heavy (non-hydrogen) atoms. The Morgan fingerprint density at radius 1 is 1.24 bits per heavy atom. The number of furan rings is 1. The number of hydrogen-bond acceptors (Lipinski definition) is 5. The molecule has 0 unspecified atom stereocenters. The summed E-state index contributed by atoms with van der Waals surface area (Å²) in [6.07, 6.45) is 1.29. The lowest BCUT2D eigenvalue weighted by Gasteiger charge is -2.04. The fourth-order valence-corrected chi connectivity index (χ4v) is 2.81. The van der Waals surface area contributed by atoms with Gasteiger partial charge in [0.2, 0.25) is 0 Å². The van der Waals surface area contributed by atoms with E-state index in [1.165, 1.54) is 24.3 Å². The van der Waals surface area contributed by atoms with Crippen molar-refractivity contribution in [1.29, 1.82) is 5.26 Å². The van der Waals surface area contributed by atoms with Crippen LogP contribution in [-0.4, -0.2) is 10.8 Å². The molecular formula is C21H14ClN3O4. The molecule has 0 aliphatic carbocycles. The number of rotatable bonds is 5. The molecule has 0 aliphatic heterocycles. The fraction of sp³-hybridized carbons (Fsp3) is 0.0476. The molecule has 0 bridgehead atoms. The van der Waals surface area contributed by atoms with Crippen LogP contribution in [-0.2, 0) is 4.79 Å². The smallest absolute Gasteiger partial charge is 0.270 e. The van der Waals surface area contributed by atoms with Crippen LogP contribution in [0.1, 0.15) is 11.3 Å². The third-order valence-corrected chi connectivity index (χ3v) is 4.31. The van der Waals surface area contributed by atoms with Crippen molar-refractivity contribution < 1.29 is 14.1 Å². The molecule has 3 rings (SSSR count). The van der Waals surface area contributed by atoms with Crippen LogP contribution in [0.2, 0.25) is 5.02 Å². The molecule has 144 valence electrons. The number of amides is 1. The minimum absolute atomic E-state index is 0.131. The lowest BCUT2D eigenvalue weighted by molar-refractivity contribution is -0.384. The van der Waals surface area contributed by atoms with E-state index < -0.39 is 10.8 Å². The van der Waals surface area contributed by atoms with Gasteiger partial charge in [0.05, 0.1) is 9.95 Å². The zero-order valence-electron chi connectivity index (χ0n) is 15.2. The van der Waals surface area contributed by atoms with E-state index in [9.17, 15) is 20.2 Å². The van der Waals surface area contributed by atoms with E-state index in [2.05, 4.69) is 5.32 Å². The highest BCUT2D eigenvalue weighted by Gasteiger charge is 2.15. The molecular weight excluding hydrogens is 394 g/mol. The second-order valence-corrected chi connectivity index (χ2v) is 6.52. The van der Waals surface area contributed by atoms with E-state index in [0.29, 0.717) is 11.3 Å². The lowest BCUT2D eigenvalue weighted by Crippen LogP contribution is -2.13. The first-order valence-electron chi connectivity index (χ1n) is 8.41. The molecule has 1 amide bonds. The van der Waals surface area contributed by atoms with Crippen molar-refractivity contribution >= 4 is 35.0 Å². The van der Waals surface area contributed by atoms with Gasteiger partial charge < -0.3 is 9.73 Å². The quantitative estimate of drug-likeness (QED) is 0.265. The van der Waals surface area contributed by atoms with Gasteiger partial charge in [-0.3, -0.25) is 14.9 Å². The van der Waals surface area contributed by atoms with Crippen molar-refractivity contribution in [2.45, 2.75) is 6.92 Å². The monoisotopic (exact) mass is 407 g/mol. The molecule has 0 fully saturated rings. The minimum Gasteiger partial charge on any atom is -0.457 e. The predicted octanol–water partition coefficient (Wildman–Crippen LogP) is 5.36. The third-order valence-electron chi connectivity index (χ3n) is 3.98. The normalized spacial score (nSPS) is 11.0. The number of anilines is 1. The summed E-state index contributed by atoms with van der Waals surface area (Å²) in [4.78, 5) is 22.8. The van der Waals surface area contributed by atoms with Crippen LogP contribution >= 0.6 is 11.6 Å². The number of benzene rings is 2. The van der Waals surface area contributed by atoms with Crippen LogP contribution < -0.4 is 5.32 Å². The zero-order chi connectivity index (χ0) is 21.0. The summed E-state index contributed by atoms with van der Waals surface area (Å²) < 4.78 is 5.62. The standard InChI is InChI=1S/C21H14ClN3O4/c1-13-3-2-4-15(9-13)24-21(26)14(12-23)10-17-6-8-20(29-17)18-11-16(25(27)28)5-7-19(18)22/h2-11H,1H3,(H,24,26)/b14-10-. The number of carbonyl (C=O) groups is 1. The lowest BCUT2D eigenvalue weighted by atomic mass is 10.1. The molecule has 0 saturated carbocycles. The number of nitro groups is 1. The summed E-state index contributed by atoms with van der Waals surface area (Å²) in [5.74, 6) is -0.0655. The van der Waals surface area contributed by atoms with Crippen LogP contribution in [0, 0.1) is 28.4 Å². The Labute approximate surface area is 171 Å². The number of nitriles is 1. The van der Waals surface area contributed by atoms with Crippen LogP contribution in [0.25, 0.3) is 17.4 Å². The van der Waals surface area contributed by atoms with E-state index in [1.807, 2.05) is 19.1 Å². The summed E-state index contributed by atoms with van der Waals surface area (Å²) in [6, 6.07) is 16.1. The summed E-state index contributed by atoms with van der Waals surface area (Å²) in [5, 5.41) is 23.2. The van der Waals surface area contributed by atoms with Crippen LogP contribution in [0.3, 0.4) is 0 Å². The summed E-state index contributed by atoms with van der Waals surface area (Å²) in [7, 11) is 0. The predicted molar refractivity (Wildman–Crippen MR) is 109 cm³/mol. The highest BCUT2D eigenvalue weighted by Crippen LogP contribution is 2.33. The molecule has 0 saturated heterocycles. The minimum atomic E-state index is -0.579. The molecule has 1 aromatic heterocycles. The first kappa shape index (κ1) is 19.9. The molecule has 0 radical (unpaired) electrons. The molecule has 3 aromatic rings. The van der Waals surface area contributed by atoms with Gasteiger partial charge in [0.25, 0.3) is 11.6 Å². The summed E-state index contributed by atoms with van der Waals surface area (Å²) in [5.41, 5.74) is 1.59. The van der Waals surface area contributed by atoms with Crippen molar-refractivity contribution in [2.75, 3.05) is 5.32 Å². The number of aryl methyl sites for hydroxylation is 1. The maximum Gasteiger partial charge on any atom is 0.270 e. The zero-order valence-corrected chi connectivity index (χ0v) is 15.9. The first-order valence-corrected chi connectivity index (χ1v) is 8.79. The molecule has 2 aromatic carbocycles. The Morgan fingerprint density at radius 3 is 2.72 bits per heavy atom. The number of halogens is 1. The first-order chi connectivity index (χ1) is 13.9. The second kappa shape index (κ2) is 8.42. The van der Waals surface area contributed by atoms with E-state index in [1.54, 1.807) is 30.3 Å². The fourth-order valence-electron chi connectivity index (χ4n) is 2.60. The van der Waals surface area contributed by atoms with Crippen molar-refractivity contribution in [1.82, 2.24) is 0 Å². The van der Waals surface area contributed by atoms with Crippen molar-refractivity contribution in [3.05, 3.63) is 86.6 Å². The Morgan fingerprint density at radius 2 is 2.03 bits per heavy atom. The van der Waals surface area contributed by atoms with E-state index in [-0.39, 0.29) is 27.8 Å². The van der Waals surface area contributed by atoms with Gasteiger partial charge in [-0.05, 0) is 42.8 Å². The number of carbonyl (C=O) groups excluding carboxylic acids is 1. The molecule has 1 heterocycles. The Balaban J connectivity index is 1.86. The van der Waals surface area contributed by atoms with Crippen LogP contribution in [0.5, 0.6) is 0 Å². The SMILES string of the molecule is Cc1cccc(NC(=O)/C(C#N)=C\c2ccc(-c3cc([N+](=O)[O-])ccc3Cl)o2)c1. The number of nitro benzene ring substituents is 1. The van der Waals surface area contributed by atoms with Crippen molar-refractivity contribution in [2.24, 2.45) is 0 Å². The van der Waals surface area contributed by atoms with E-state index in [0.717, 1.165) is 5.56 Å². The Kier molecular flexibility index (Phi) is 5.77. The van der Waals surface area contributed by atoms with E-state index in [4.69, 9.17) is 16.0 Å². The van der Waals surface area contributed by atoms with Crippen molar-refractivity contribution in [3.8, 4) is 17.4 Å². The van der Waals surface area contributed by atoms with Gasteiger partial charge in [0.15, 0.2) is 0 Å². The maximum absolute atomic E-state index is 12.4. The van der Waals surface area contributed by atoms with Gasteiger partial charge in [0, 0.05) is 29.5 Å². The number of nitrogens with zero attached hydrogens (tertiary/aromatic N) is 2. The molecule has 7 nitrogen and oxygen atoms in total. The molecule has 0 spiro atoms. The van der Waals surface area contributed by atoms with Gasteiger partial charge in [0.1, 0.15) is 23.2 Å². The van der Waals surface area contributed by atoms with E-state index >= 15 is 0 Å². The molecule has 0 aliphatic rings. The Bertz CT molecular complexity index is 1170. The summed E-state index contributed by atoms with van der Waals surface area (Å²) >= 11 is 6.12. The second-order valence-electron chi connectivity index (χ2n) is 6.12. The molecule has 8 heteroatoms. The molecule has 0 atom stereocenters. The van der Waals surface area contributed by atoms with Crippen molar-refractivity contribution in [3.63, 3.8) is 0 Å². The average molecular weight is 408 g/mol. The van der Waals surface area contributed by atoms with Gasteiger partial charge >= 0.3 is 0 Å². The average Bonchev–Trinajstić information content (AvgIpc) is 3.14. The largest absolute Gasteiger partial charge is 0.457 e. The summed E-state index contributed by atoms with van der Waals surface area (Å²) in [6.45, 7) is 1.89. The van der Waals surface area contributed by atoms with Gasteiger partial charge in [-0.25, -0.2) is 0 Å². The highest BCUT2D eigenvalue weighted by molar-refractivity contribution is 6.33. The van der Waals surface area contributed by atoms with Crippen LogP contribution in [0.15, 0.2) is 64.6 Å². The number of hydrogen-bond donors (Lipinski definition) is 1. The number of non-ortho nitro benzene ring substituents is 1. The maximum atomic E-state index is 12.4.